The molecule has 1 saturated heterocycles. The minimum atomic E-state index is -3.98. The summed E-state index contributed by atoms with van der Waals surface area (Å²) < 4.78 is 51.2. The molecule has 0 unspecified atom stereocenters. The van der Waals surface area contributed by atoms with Crippen LogP contribution in [0.3, 0.4) is 0 Å². The minimum Gasteiger partial charge on any atom is -0.353 e. The lowest BCUT2D eigenvalue weighted by Crippen LogP contribution is -2.49. The van der Waals surface area contributed by atoms with Gasteiger partial charge in [-0.2, -0.15) is 4.31 Å². The maximum absolute atomic E-state index is 12.6. The highest BCUT2D eigenvalue weighted by Crippen LogP contribution is 2.31. The fourth-order valence-electron chi connectivity index (χ4n) is 4.12. The van der Waals surface area contributed by atoms with Crippen LogP contribution in [0.5, 0.6) is 0 Å². The van der Waals surface area contributed by atoms with E-state index in [-0.39, 0.29) is 16.5 Å². The van der Waals surface area contributed by atoms with E-state index < -0.39 is 20.0 Å². The highest BCUT2D eigenvalue weighted by Gasteiger charge is 2.28. The van der Waals surface area contributed by atoms with Crippen LogP contribution in [0, 0.1) is 6.92 Å². The van der Waals surface area contributed by atoms with Gasteiger partial charge in [-0.05, 0) is 43.2 Å². The summed E-state index contributed by atoms with van der Waals surface area (Å²) in [5, 5.41) is 6.27. The molecule has 3 aromatic rings. The fourth-order valence-corrected chi connectivity index (χ4v) is 6.48. The number of nitrogens with zero attached hydrogens (tertiary/aromatic N) is 4. The van der Waals surface area contributed by atoms with E-state index in [1.54, 1.807) is 22.5 Å². The average molecular weight is 504 g/mol. The van der Waals surface area contributed by atoms with E-state index in [0.717, 1.165) is 17.4 Å². The number of fused-ring (bicyclic) bond motifs is 1. The molecule has 0 aliphatic carbocycles. The van der Waals surface area contributed by atoms with Crippen LogP contribution in [0.25, 0.3) is 22.3 Å². The van der Waals surface area contributed by atoms with E-state index in [2.05, 4.69) is 4.98 Å². The standard InChI is InChI=1S/C23H29N5O4S2/c1-3-4-15-33(29,30)28-13-11-27(12-14-28)23-18-10-9-17(2)16-20(18)25-22(26-23)19-7-5-6-8-21(19)34(24,31)32/h5-10,16H,3-4,11-15H2,1-2H3,(H2,24,31,32). The van der Waals surface area contributed by atoms with E-state index in [0.29, 0.717) is 49.5 Å². The van der Waals surface area contributed by atoms with E-state index in [9.17, 15) is 16.8 Å². The topological polar surface area (TPSA) is 127 Å². The van der Waals surface area contributed by atoms with Crippen LogP contribution in [0.4, 0.5) is 5.82 Å². The highest BCUT2D eigenvalue weighted by molar-refractivity contribution is 7.89. The molecular weight excluding hydrogens is 474 g/mol. The molecule has 0 bridgehead atoms. The first kappa shape index (κ1) is 24.5. The smallest absolute Gasteiger partial charge is 0.238 e. The van der Waals surface area contributed by atoms with Crippen molar-refractivity contribution in [1.29, 1.82) is 0 Å². The summed E-state index contributed by atoms with van der Waals surface area (Å²) in [6.07, 6.45) is 1.47. The number of hydrogen-bond acceptors (Lipinski definition) is 7. The van der Waals surface area contributed by atoms with Gasteiger partial charge < -0.3 is 4.90 Å². The van der Waals surface area contributed by atoms with E-state index >= 15 is 0 Å². The molecule has 4 rings (SSSR count). The van der Waals surface area contributed by atoms with Crippen LogP contribution in [-0.2, 0) is 20.0 Å². The first-order valence-corrected chi connectivity index (χ1v) is 14.4. The van der Waals surface area contributed by atoms with Gasteiger partial charge in [-0.3, -0.25) is 0 Å². The first-order chi connectivity index (χ1) is 16.1. The summed E-state index contributed by atoms with van der Waals surface area (Å²) in [6.45, 7) is 5.61. The fraction of sp³-hybridized carbons (Fsp3) is 0.391. The quantitative estimate of drug-likeness (QED) is 0.525. The Labute approximate surface area is 200 Å². The minimum absolute atomic E-state index is 0.0419. The van der Waals surface area contributed by atoms with Gasteiger partial charge in [0, 0.05) is 37.1 Å². The van der Waals surface area contributed by atoms with Crippen LogP contribution >= 0.6 is 0 Å². The normalized spacial score (nSPS) is 15.7. The van der Waals surface area contributed by atoms with Crippen molar-refractivity contribution in [3.63, 3.8) is 0 Å². The molecule has 11 heteroatoms. The van der Waals surface area contributed by atoms with Crippen molar-refractivity contribution in [2.24, 2.45) is 5.14 Å². The van der Waals surface area contributed by atoms with E-state index in [1.165, 1.54) is 6.07 Å². The number of nitrogens with two attached hydrogens (primary N) is 1. The number of anilines is 1. The molecule has 1 aromatic heterocycles. The lowest BCUT2D eigenvalue weighted by molar-refractivity contribution is 0.383. The number of piperazine rings is 1. The summed E-state index contributed by atoms with van der Waals surface area (Å²) in [7, 11) is -7.26. The number of benzene rings is 2. The number of aryl methyl sites for hydroxylation is 1. The van der Waals surface area contributed by atoms with Crippen molar-refractivity contribution in [2.45, 2.75) is 31.6 Å². The van der Waals surface area contributed by atoms with Gasteiger partial charge in [0.1, 0.15) is 5.82 Å². The Balaban J connectivity index is 1.75. The van der Waals surface area contributed by atoms with Crippen LogP contribution in [0.15, 0.2) is 47.4 Å². The van der Waals surface area contributed by atoms with Gasteiger partial charge in [0.05, 0.1) is 16.2 Å². The number of rotatable bonds is 7. The Bertz CT molecular complexity index is 1420. The highest BCUT2D eigenvalue weighted by atomic mass is 32.2. The Morgan fingerprint density at radius 3 is 2.35 bits per heavy atom. The van der Waals surface area contributed by atoms with Gasteiger partial charge in [-0.15, -0.1) is 0 Å². The third-order valence-corrected chi connectivity index (χ3v) is 8.88. The van der Waals surface area contributed by atoms with Gasteiger partial charge >= 0.3 is 0 Å². The molecule has 2 heterocycles. The van der Waals surface area contributed by atoms with Gasteiger partial charge in [0.25, 0.3) is 0 Å². The maximum Gasteiger partial charge on any atom is 0.238 e. The Hall–Kier alpha value is -2.60. The maximum atomic E-state index is 12.6. The molecule has 0 atom stereocenters. The molecule has 2 aromatic carbocycles. The summed E-state index contributed by atoms with van der Waals surface area (Å²) in [6, 6.07) is 12.2. The molecule has 9 nitrogen and oxygen atoms in total. The van der Waals surface area contributed by atoms with Crippen molar-refractivity contribution in [3.8, 4) is 11.4 Å². The molecule has 1 fully saturated rings. The van der Waals surface area contributed by atoms with E-state index in [4.69, 9.17) is 10.1 Å². The van der Waals surface area contributed by atoms with Crippen LogP contribution in [0.2, 0.25) is 0 Å². The third kappa shape index (κ3) is 5.07. The van der Waals surface area contributed by atoms with Gasteiger partial charge in [0.15, 0.2) is 5.82 Å². The molecule has 0 saturated carbocycles. The third-order valence-electron chi connectivity index (χ3n) is 5.95. The zero-order valence-electron chi connectivity index (χ0n) is 19.3. The molecule has 0 amide bonds. The molecule has 1 aliphatic rings. The molecule has 182 valence electrons. The van der Waals surface area contributed by atoms with Crippen molar-refractivity contribution in [3.05, 3.63) is 48.0 Å². The SMILES string of the molecule is CCCCS(=O)(=O)N1CCN(c2nc(-c3ccccc3S(N)(=O)=O)nc3cc(C)ccc23)CC1. The number of sulfonamides is 2. The average Bonchev–Trinajstić information content (AvgIpc) is 2.81. The molecule has 0 spiro atoms. The van der Waals surface area contributed by atoms with Gasteiger partial charge in [0.2, 0.25) is 20.0 Å². The van der Waals surface area contributed by atoms with Crippen molar-refractivity contribution in [2.75, 3.05) is 36.8 Å². The Kier molecular flexibility index (Phi) is 6.90. The second-order valence-corrected chi connectivity index (χ2v) is 12.1. The zero-order valence-corrected chi connectivity index (χ0v) is 20.9. The van der Waals surface area contributed by atoms with Gasteiger partial charge in [-0.25, -0.2) is 31.9 Å². The first-order valence-electron chi connectivity index (χ1n) is 11.2. The summed E-state index contributed by atoms with van der Waals surface area (Å²) in [5.41, 5.74) is 2.02. The Morgan fingerprint density at radius 2 is 1.68 bits per heavy atom. The van der Waals surface area contributed by atoms with Crippen LogP contribution in [0.1, 0.15) is 25.3 Å². The van der Waals surface area contributed by atoms with Crippen molar-refractivity contribution < 1.29 is 16.8 Å². The van der Waals surface area contributed by atoms with Crippen molar-refractivity contribution >= 4 is 36.8 Å². The monoisotopic (exact) mass is 503 g/mol. The number of hydrogen-bond donors (Lipinski definition) is 1. The predicted octanol–water partition coefficient (Wildman–Crippen LogP) is 2.50. The van der Waals surface area contributed by atoms with Crippen molar-refractivity contribution in [1.82, 2.24) is 14.3 Å². The van der Waals surface area contributed by atoms with Crippen LogP contribution < -0.4 is 10.0 Å². The van der Waals surface area contributed by atoms with E-state index in [1.807, 2.05) is 36.9 Å². The van der Waals surface area contributed by atoms with Crippen LogP contribution in [-0.4, -0.2) is 63.0 Å². The second kappa shape index (κ2) is 9.57. The molecule has 2 N–H and O–H groups in total. The predicted molar refractivity (Wildman–Crippen MR) is 134 cm³/mol. The summed E-state index contributed by atoms with van der Waals surface area (Å²) in [4.78, 5) is 11.4. The largest absolute Gasteiger partial charge is 0.353 e. The lowest BCUT2D eigenvalue weighted by Gasteiger charge is -2.35. The summed E-state index contributed by atoms with van der Waals surface area (Å²) >= 11 is 0. The molecule has 0 radical (unpaired) electrons. The number of unbranched alkanes of at least 4 members (excludes halogenated alkanes) is 1. The summed E-state index contributed by atoms with van der Waals surface area (Å²) in [5.74, 6) is 1.07. The van der Waals surface area contributed by atoms with Gasteiger partial charge in [-0.1, -0.05) is 31.5 Å². The molecular formula is C23H29N5O4S2. The lowest BCUT2D eigenvalue weighted by atomic mass is 10.1. The second-order valence-electron chi connectivity index (χ2n) is 8.49. The molecule has 34 heavy (non-hydrogen) atoms. The molecule has 1 aliphatic heterocycles. The number of aromatic nitrogens is 2. The zero-order chi connectivity index (χ0) is 24.5. The Morgan fingerprint density at radius 1 is 0.971 bits per heavy atom. The number of primary sulfonamides is 1.